The Kier molecular flexibility index (Phi) is 12.1. The molecular weight excluding hydrogens is 376 g/mol. The standard InChI is InChI=1S/C21H42N2O6/c1-15(26-5)27-14-28-19(18(24)11-12-22)17(13-16-9-7-6-8-10-16)23-20(25)29-21(2,3)4/h15-19,24H,6-14,22H2,1-5H3,(H,23,25)/t15?,17-,18-,19+/m0/s1. The summed E-state index contributed by atoms with van der Waals surface area (Å²) in [5.74, 6) is 0.471. The van der Waals surface area contributed by atoms with E-state index in [1.165, 1.54) is 19.3 Å². The van der Waals surface area contributed by atoms with E-state index in [1.807, 2.05) is 20.8 Å². The third kappa shape index (κ3) is 11.1. The number of methoxy groups -OCH3 is 1. The quantitative estimate of drug-likeness (QED) is 0.418. The molecule has 1 unspecified atom stereocenters. The first-order valence-corrected chi connectivity index (χ1v) is 10.8. The summed E-state index contributed by atoms with van der Waals surface area (Å²) in [7, 11) is 1.54. The molecule has 0 aromatic carbocycles. The van der Waals surface area contributed by atoms with E-state index < -0.39 is 36.2 Å². The first-order chi connectivity index (χ1) is 13.7. The van der Waals surface area contributed by atoms with Crippen molar-refractivity contribution < 1.29 is 28.8 Å². The minimum absolute atomic E-state index is 0.0571. The molecule has 8 heteroatoms. The van der Waals surface area contributed by atoms with E-state index in [4.69, 9.17) is 24.7 Å². The number of amides is 1. The van der Waals surface area contributed by atoms with E-state index in [-0.39, 0.29) is 6.79 Å². The fourth-order valence-electron chi connectivity index (χ4n) is 3.63. The normalized spacial score (nSPS) is 20.0. The van der Waals surface area contributed by atoms with Crippen LogP contribution in [-0.2, 0) is 18.9 Å². The smallest absolute Gasteiger partial charge is 0.407 e. The van der Waals surface area contributed by atoms with E-state index in [0.717, 1.165) is 12.8 Å². The number of aliphatic hydroxyl groups excluding tert-OH is 1. The third-order valence-electron chi connectivity index (χ3n) is 5.15. The lowest BCUT2D eigenvalue weighted by molar-refractivity contribution is -0.204. The van der Waals surface area contributed by atoms with Crippen LogP contribution in [0.5, 0.6) is 0 Å². The molecule has 1 rings (SSSR count). The van der Waals surface area contributed by atoms with Crippen LogP contribution in [0.2, 0.25) is 0 Å². The minimum Gasteiger partial charge on any atom is -0.444 e. The van der Waals surface area contributed by atoms with Gasteiger partial charge in [-0.15, -0.1) is 0 Å². The van der Waals surface area contributed by atoms with Gasteiger partial charge in [-0.1, -0.05) is 32.1 Å². The summed E-state index contributed by atoms with van der Waals surface area (Å²) in [6.45, 7) is 7.48. The molecule has 0 spiro atoms. The van der Waals surface area contributed by atoms with Crippen LogP contribution in [0.3, 0.4) is 0 Å². The Hall–Kier alpha value is -0.930. The van der Waals surface area contributed by atoms with Crippen LogP contribution >= 0.6 is 0 Å². The van der Waals surface area contributed by atoms with Gasteiger partial charge in [-0.25, -0.2) is 4.79 Å². The maximum atomic E-state index is 12.5. The van der Waals surface area contributed by atoms with Crippen LogP contribution < -0.4 is 11.1 Å². The highest BCUT2D eigenvalue weighted by atomic mass is 16.7. The van der Waals surface area contributed by atoms with Crippen molar-refractivity contribution in [3.05, 3.63) is 0 Å². The van der Waals surface area contributed by atoms with Crippen molar-refractivity contribution in [3.8, 4) is 0 Å². The summed E-state index contributed by atoms with van der Waals surface area (Å²) in [4.78, 5) is 12.5. The number of hydrogen-bond acceptors (Lipinski definition) is 7. The summed E-state index contributed by atoms with van der Waals surface area (Å²) in [5.41, 5.74) is 5.05. The Labute approximate surface area is 175 Å². The van der Waals surface area contributed by atoms with Crippen molar-refractivity contribution in [1.29, 1.82) is 0 Å². The fraction of sp³-hybridized carbons (Fsp3) is 0.952. The lowest BCUT2D eigenvalue weighted by Crippen LogP contribution is -2.52. The number of hydrogen-bond donors (Lipinski definition) is 3. The molecule has 8 nitrogen and oxygen atoms in total. The lowest BCUT2D eigenvalue weighted by Gasteiger charge is -2.35. The predicted molar refractivity (Wildman–Crippen MR) is 111 cm³/mol. The van der Waals surface area contributed by atoms with Gasteiger partial charge >= 0.3 is 6.09 Å². The maximum Gasteiger partial charge on any atom is 0.407 e. The van der Waals surface area contributed by atoms with Gasteiger partial charge in [-0.05, 0) is 53.0 Å². The third-order valence-corrected chi connectivity index (χ3v) is 5.15. The van der Waals surface area contributed by atoms with Crippen LogP contribution in [-0.4, -0.2) is 61.8 Å². The van der Waals surface area contributed by atoms with E-state index in [9.17, 15) is 9.90 Å². The number of carbonyl (C=O) groups excluding carboxylic acids is 1. The summed E-state index contributed by atoms with van der Waals surface area (Å²) < 4.78 is 21.8. The molecule has 0 aromatic heterocycles. The monoisotopic (exact) mass is 418 g/mol. The van der Waals surface area contributed by atoms with Gasteiger partial charge in [0.2, 0.25) is 0 Å². The molecular formula is C21H42N2O6. The van der Waals surface area contributed by atoms with Crippen molar-refractivity contribution in [2.75, 3.05) is 20.4 Å². The Balaban J connectivity index is 2.89. The second kappa shape index (κ2) is 13.4. The molecule has 1 amide bonds. The summed E-state index contributed by atoms with van der Waals surface area (Å²) in [5, 5.41) is 13.6. The van der Waals surface area contributed by atoms with Crippen LogP contribution in [0.4, 0.5) is 4.79 Å². The van der Waals surface area contributed by atoms with E-state index >= 15 is 0 Å². The van der Waals surface area contributed by atoms with Gasteiger partial charge in [0.25, 0.3) is 0 Å². The van der Waals surface area contributed by atoms with Crippen molar-refractivity contribution >= 4 is 6.09 Å². The molecule has 1 aliphatic carbocycles. The molecule has 0 saturated heterocycles. The Morgan fingerprint density at radius 3 is 2.41 bits per heavy atom. The van der Waals surface area contributed by atoms with Crippen molar-refractivity contribution in [2.24, 2.45) is 11.7 Å². The van der Waals surface area contributed by atoms with Gasteiger partial charge < -0.3 is 35.1 Å². The highest BCUT2D eigenvalue weighted by Gasteiger charge is 2.34. The zero-order chi connectivity index (χ0) is 21.9. The van der Waals surface area contributed by atoms with Crippen LogP contribution in [0.1, 0.15) is 72.6 Å². The number of alkyl carbamates (subject to hydrolysis) is 1. The summed E-state index contributed by atoms with van der Waals surface area (Å²) in [6.07, 6.45) is 4.50. The summed E-state index contributed by atoms with van der Waals surface area (Å²) >= 11 is 0. The molecule has 29 heavy (non-hydrogen) atoms. The Morgan fingerprint density at radius 2 is 1.86 bits per heavy atom. The average Bonchev–Trinajstić information content (AvgIpc) is 2.64. The highest BCUT2D eigenvalue weighted by Crippen LogP contribution is 2.29. The molecule has 0 aromatic rings. The molecule has 1 aliphatic rings. The van der Waals surface area contributed by atoms with Crippen molar-refractivity contribution in [2.45, 2.75) is 103 Å². The lowest BCUT2D eigenvalue weighted by atomic mass is 9.83. The van der Waals surface area contributed by atoms with Crippen molar-refractivity contribution in [3.63, 3.8) is 0 Å². The van der Waals surface area contributed by atoms with E-state index in [2.05, 4.69) is 5.32 Å². The molecule has 0 bridgehead atoms. The first-order valence-electron chi connectivity index (χ1n) is 10.8. The zero-order valence-corrected chi connectivity index (χ0v) is 18.8. The molecule has 172 valence electrons. The largest absolute Gasteiger partial charge is 0.444 e. The second-order valence-electron chi connectivity index (χ2n) is 8.86. The average molecular weight is 419 g/mol. The Bertz CT molecular complexity index is 451. The van der Waals surface area contributed by atoms with Gasteiger partial charge in [-0.2, -0.15) is 0 Å². The number of ether oxygens (including phenoxy) is 4. The minimum atomic E-state index is -0.829. The molecule has 0 aliphatic heterocycles. The second-order valence-corrected chi connectivity index (χ2v) is 8.86. The molecule has 4 atom stereocenters. The van der Waals surface area contributed by atoms with Crippen LogP contribution in [0, 0.1) is 5.92 Å². The van der Waals surface area contributed by atoms with Gasteiger partial charge in [0, 0.05) is 7.11 Å². The topological polar surface area (TPSA) is 112 Å². The molecule has 0 radical (unpaired) electrons. The van der Waals surface area contributed by atoms with Crippen molar-refractivity contribution in [1.82, 2.24) is 5.32 Å². The number of rotatable bonds is 12. The molecule has 4 N–H and O–H groups in total. The molecule has 1 saturated carbocycles. The SMILES string of the molecule is COC(C)OCO[C@H]([C@H](CC1CCCCC1)NC(=O)OC(C)(C)C)[C@@H](O)CCN. The zero-order valence-electron chi connectivity index (χ0n) is 18.8. The predicted octanol–water partition coefficient (Wildman–Crippen LogP) is 2.91. The number of carbonyl (C=O) groups is 1. The molecule has 0 heterocycles. The van der Waals surface area contributed by atoms with Crippen LogP contribution in [0.15, 0.2) is 0 Å². The van der Waals surface area contributed by atoms with Gasteiger partial charge in [-0.3, -0.25) is 0 Å². The molecule has 1 fully saturated rings. The van der Waals surface area contributed by atoms with Crippen LogP contribution in [0.25, 0.3) is 0 Å². The number of nitrogens with one attached hydrogen (secondary N) is 1. The first kappa shape index (κ1) is 26.1. The van der Waals surface area contributed by atoms with Gasteiger partial charge in [0.05, 0.1) is 12.1 Å². The number of aliphatic hydroxyl groups is 1. The van der Waals surface area contributed by atoms with Gasteiger partial charge in [0.1, 0.15) is 18.5 Å². The van der Waals surface area contributed by atoms with E-state index in [0.29, 0.717) is 25.3 Å². The highest BCUT2D eigenvalue weighted by molar-refractivity contribution is 5.68. The van der Waals surface area contributed by atoms with Gasteiger partial charge in [0.15, 0.2) is 6.29 Å². The Morgan fingerprint density at radius 1 is 1.21 bits per heavy atom. The van der Waals surface area contributed by atoms with E-state index in [1.54, 1.807) is 14.0 Å². The summed E-state index contributed by atoms with van der Waals surface area (Å²) in [6, 6.07) is -0.407. The maximum absolute atomic E-state index is 12.5. The number of nitrogens with two attached hydrogens (primary N) is 1. The fourth-order valence-corrected chi connectivity index (χ4v) is 3.63.